The SMILES string of the molecule is c1ccc(-c2ccc(C3=NC(c4ccc5ccccc5c4)N=C(c4ccc5c(sc6ccc7ccccc7c65)c4C4CCc5cc6ccccc6cc5-c5cc6ccccc6cc54)N3)cc2)cc1. The van der Waals surface area contributed by atoms with Crippen molar-refractivity contribution < 1.29 is 0 Å². The zero-order chi connectivity index (χ0) is 44.7. The van der Waals surface area contributed by atoms with E-state index >= 15 is 0 Å². The van der Waals surface area contributed by atoms with Gasteiger partial charge in [0.05, 0.1) is 0 Å². The molecular weight excluding hydrogens is 843 g/mol. The standard InChI is InChI=1S/C64H43N3S/c1-2-12-39(13-3-1)41-22-25-43(26-23-41)62-65-63(50-27-24-40-14-4-5-16-44(40)35-50)67-64(66-62)54-32-31-53-59-51-21-11-10-15-42(51)29-33-58(59)68-61(53)60(54)52-30-28-49-34-45-17-6-7-18-46(45)36-55(49)57-38-48-20-9-8-19-47(48)37-56(52)57/h1-27,29,31-38,52,63H,28,30H2,(H,65,66,67). The molecule has 2 unspecified atom stereocenters. The molecule has 11 aromatic carbocycles. The van der Waals surface area contributed by atoms with Crippen LogP contribution in [0.5, 0.6) is 0 Å². The molecule has 1 aliphatic carbocycles. The molecule has 2 atom stereocenters. The van der Waals surface area contributed by atoms with Crippen LogP contribution in [0, 0.1) is 0 Å². The monoisotopic (exact) mass is 885 g/mol. The number of fused-ring (bicyclic) bond motifs is 11. The second-order valence-electron chi connectivity index (χ2n) is 18.4. The number of hydrogen-bond donors (Lipinski definition) is 1. The number of nitrogens with zero attached hydrogens (tertiary/aromatic N) is 2. The first-order chi connectivity index (χ1) is 33.7. The van der Waals surface area contributed by atoms with Crippen LogP contribution < -0.4 is 5.32 Å². The first kappa shape index (κ1) is 39.0. The van der Waals surface area contributed by atoms with Crippen LogP contribution in [0.15, 0.2) is 228 Å². The molecule has 1 N–H and O–H groups in total. The third-order valence-electron chi connectivity index (χ3n) is 14.5. The van der Waals surface area contributed by atoms with Crippen LogP contribution in [0.25, 0.3) is 85.5 Å². The predicted molar refractivity (Wildman–Crippen MR) is 289 cm³/mol. The molecule has 0 amide bonds. The number of aliphatic imine (C=N–C) groups is 2. The quantitative estimate of drug-likeness (QED) is 0.184. The Bertz CT molecular complexity index is 4070. The summed E-state index contributed by atoms with van der Waals surface area (Å²) in [5, 5.41) is 16.5. The van der Waals surface area contributed by atoms with E-state index in [-0.39, 0.29) is 5.92 Å². The van der Waals surface area contributed by atoms with Gasteiger partial charge in [-0.15, -0.1) is 11.3 Å². The van der Waals surface area contributed by atoms with E-state index < -0.39 is 6.17 Å². The summed E-state index contributed by atoms with van der Waals surface area (Å²) in [6.45, 7) is 0. The van der Waals surface area contributed by atoms with Crippen molar-refractivity contribution in [3.8, 4) is 22.3 Å². The van der Waals surface area contributed by atoms with Crippen molar-refractivity contribution in [3.63, 3.8) is 0 Å². The topological polar surface area (TPSA) is 36.8 Å². The van der Waals surface area contributed by atoms with Crippen LogP contribution in [0.1, 0.15) is 51.9 Å². The lowest BCUT2D eigenvalue weighted by molar-refractivity contribution is 0.727. The molecule has 4 heteroatoms. The third-order valence-corrected chi connectivity index (χ3v) is 15.7. The molecule has 0 saturated carbocycles. The number of rotatable bonds is 5. The molecule has 1 aromatic heterocycles. The molecule has 0 bridgehead atoms. The summed E-state index contributed by atoms with van der Waals surface area (Å²) in [6, 6.07) is 80.4. The Balaban J connectivity index is 1.02. The molecule has 14 rings (SSSR count). The second-order valence-corrected chi connectivity index (χ2v) is 19.5. The first-order valence-electron chi connectivity index (χ1n) is 23.7. The van der Waals surface area contributed by atoms with Crippen LogP contribution in [0.3, 0.4) is 0 Å². The van der Waals surface area contributed by atoms with E-state index in [0.29, 0.717) is 0 Å². The zero-order valence-electron chi connectivity index (χ0n) is 37.2. The summed E-state index contributed by atoms with van der Waals surface area (Å²) >= 11 is 1.93. The molecule has 0 saturated heterocycles. The molecular formula is C64H43N3S. The maximum atomic E-state index is 5.66. The Morgan fingerprint density at radius 3 is 1.81 bits per heavy atom. The van der Waals surface area contributed by atoms with Gasteiger partial charge >= 0.3 is 0 Å². The first-order valence-corrected chi connectivity index (χ1v) is 24.5. The summed E-state index contributed by atoms with van der Waals surface area (Å²) in [5.74, 6) is 1.71. The van der Waals surface area contributed by atoms with Gasteiger partial charge in [0.25, 0.3) is 0 Å². The molecule has 0 spiro atoms. The number of aryl methyl sites for hydroxylation is 1. The number of amidine groups is 2. The predicted octanol–water partition coefficient (Wildman–Crippen LogP) is 16.6. The summed E-state index contributed by atoms with van der Waals surface area (Å²) < 4.78 is 2.62. The van der Waals surface area contributed by atoms with Crippen molar-refractivity contribution in [2.24, 2.45) is 9.98 Å². The van der Waals surface area contributed by atoms with E-state index in [1.165, 1.54) is 102 Å². The van der Waals surface area contributed by atoms with E-state index in [2.05, 4.69) is 224 Å². The van der Waals surface area contributed by atoms with E-state index in [9.17, 15) is 0 Å². The highest BCUT2D eigenvalue weighted by atomic mass is 32.1. The van der Waals surface area contributed by atoms with Gasteiger partial charge in [-0.25, -0.2) is 9.98 Å². The van der Waals surface area contributed by atoms with Gasteiger partial charge < -0.3 is 5.32 Å². The van der Waals surface area contributed by atoms with Crippen molar-refractivity contribution in [1.82, 2.24) is 5.32 Å². The van der Waals surface area contributed by atoms with Gasteiger partial charge in [0.2, 0.25) is 0 Å². The normalized spacial score (nSPS) is 15.8. The number of hydrogen-bond acceptors (Lipinski definition) is 4. The Hall–Kier alpha value is -8.18. The summed E-state index contributed by atoms with van der Waals surface area (Å²) in [6.07, 6.45) is 1.43. The fourth-order valence-electron chi connectivity index (χ4n) is 11.2. The summed E-state index contributed by atoms with van der Waals surface area (Å²) in [5.41, 5.74) is 12.3. The highest BCUT2D eigenvalue weighted by molar-refractivity contribution is 7.26. The average Bonchev–Trinajstić information content (AvgIpc) is 3.73. The summed E-state index contributed by atoms with van der Waals surface area (Å²) in [4.78, 5) is 11.1. The lowest BCUT2D eigenvalue weighted by Crippen LogP contribution is -2.36. The van der Waals surface area contributed by atoms with E-state index in [1.54, 1.807) is 0 Å². The van der Waals surface area contributed by atoms with Crippen molar-refractivity contribution in [2.45, 2.75) is 24.9 Å². The molecule has 2 aliphatic rings. The molecule has 68 heavy (non-hydrogen) atoms. The minimum Gasteiger partial charge on any atom is -0.324 e. The maximum Gasteiger partial charge on any atom is 0.169 e. The van der Waals surface area contributed by atoms with Gasteiger partial charge in [-0.2, -0.15) is 0 Å². The van der Waals surface area contributed by atoms with Crippen molar-refractivity contribution in [3.05, 3.63) is 252 Å². The maximum absolute atomic E-state index is 5.66. The second kappa shape index (κ2) is 15.7. The van der Waals surface area contributed by atoms with Gasteiger partial charge in [0, 0.05) is 37.2 Å². The van der Waals surface area contributed by atoms with E-state index in [0.717, 1.165) is 41.2 Å². The highest BCUT2D eigenvalue weighted by Gasteiger charge is 2.32. The van der Waals surface area contributed by atoms with E-state index in [4.69, 9.17) is 9.98 Å². The van der Waals surface area contributed by atoms with Crippen molar-refractivity contribution in [2.75, 3.05) is 0 Å². The molecule has 1 aliphatic heterocycles. The fourth-order valence-corrected chi connectivity index (χ4v) is 12.5. The zero-order valence-corrected chi connectivity index (χ0v) is 38.0. The van der Waals surface area contributed by atoms with Crippen LogP contribution in [0.2, 0.25) is 0 Å². The average molecular weight is 886 g/mol. The third kappa shape index (κ3) is 6.47. The van der Waals surface area contributed by atoms with Crippen molar-refractivity contribution >= 4 is 86.3 Å². The summed E-state index contributed by atoms with van der Waals surface area (Å²) in [7, 11) is 0. The van der Waals surface area contributed by atoms with Crippen LogP contribution >= 0.6 is 11.3 Å². The molecule has 3 nitrogen and oxygen atoms in total. The number of benzene rings is 11. The molecule has 12 aromatic rings. The molecule has 2 heterocycles. The van der Waals surface area contributed by atoms with Crippen LogP contribution in [0.4, 0.5) is 0 Å². The number of nitrogens with one attached hydrogen (secondary N) is 1. The Morgan fingerprint density at radius 2 is 1.03 bits per heavy atom. The van der Waals surface area contributed by atoms with Crippen molar-refractivity contribution in [1.29, 1.82) is 0 Å². The Kier molecular flexibility index (Phi) is 9.03. The Labute approximate surface area is 398 Å². The van der Waals surface area contributed by atoms with Crippen LogP contribution in [-0.2, 0) is 6.42 Å². The molecule has 320 valence electrons. The fraction of sp³-hybridized carbons (Fsp3) is 0.0625. The van der Waals surface area contributed by atoms with Gasteiger partial charge in [-0.3, -0.25) is 0 Å². The van der Waals surface area contributed by atoms with Gasteiger partial charge in [0.15, 0.2) is 6.17 Å². The number of thiophene rings is 1. The smallest absolute Gasteiger partial charge is 0.169 e. The van der Waals surface area contributed by atoms with E-state index in [1.807, 2.05) is 11.3 Å². The largest absolute Gasteiger partial charge is 0.324 e. The van der Waals surface area contributed by atoms with Gasteiger partial charge in [0.1, 0.15) is 11.7 Å². The molecule has 0 radical (unpaired) electrons. The lowest BCUT2D eigenvalue weighted by Gasteiger charge is -2.27. The molecule has 0 fully saturated rings. The van der Waals surface area contributed by atoms with Crippen LogP contribution in [-0.4, -0.2) is 11.7 Å². The van der Waals surface area contributed by atoms with Gasteiger partial charge in [-0.1, -0.05) is 188 Å². The van der Waals surface area contributed by atoms with Gasteiger partial charge in [-0.05, 0) is 131 Å². The Morgan fingerprint density at radius 1 is 0.426 bits per heavy atom. The lowest BCUT2D eigenvalue weighted by atomic mass is 9.81. The highest BCUT2D eigenvalue weighted by Crippen LogP contribution is 2.50. The minimum atomic E-state index is -0.461. The minimum absolute atomic E-state index is 0.0548.